The third kappa shape index (κ3) is 19.5. The van der Waals surface area contributed by atoms with Crippen LogP contribution in [0.15, 0.2) is 12.2 Å². The van der Waals surface area contributed by atoms with Gasteiger partial charge in [0, 0.05) is 13.6 Å². The molecule has 3 nitrogen and oxygen atoms in total. The zero-order chi connectivity index (χ0) is 14.9. The van der Waals surface area contributed by atoms with Gasteiger partial charge in [0.25, 0.3) is 0 Å². The van der Waals surface area contributed by atoms with E-state index in [0.29, 0.717) is 6.54 Å². The van der Waals surface area contributed by atoms with Crippen molar-refractivity contribution >= 4 is 6.09 Å². The van der Waals surface area contributed by atoms with E-state index in [1.165, 1.54) is 63.3 Å². The number of hydrogen-bond donors (Lipinski definition) is 1. The molecule has 0 aliphatic heterocycles. The van der Waals surface area contributed by atoms with Crippen LogP contribution in [0.5, 0.6) is 0 Å². The van der Waals surface area contributed by atoms with Gasteiger partial charge in [0.15, 0.2) is 0 Å². The fourth-order valence-electron chi connectivity index (χ4n) is 1.38. The Morgan fingerprint density at radius 2 is 1.47 bits per heavy atom. The average molecular weight is 271 g/mol. The maximum atomic E-state index is 9.86. The minimum atomic E-state index is -0.873. The molecule has 0 bridgehead atoms. The first-order valence-corrected chi connectivity index (χ1v) is 7.69. The van der Waals surface area contributed by atoms with Gasteiger partial charge in [-0.05, 0) is 26.2 Å². The van der Waals surface area contributed by atoms with Gasteiger partial charge in [0.05, 0.1) is 0 Å². The summed E-state index contributed by atoms with van der Waals surface area (Å²) >= 11 is 0. The number of rotatable bonds is 9. The third-order valence-corrected chi connectivity index (χ3v) is 2.92. The minimum Gasteiger partial charge on any atom is -0.465 e. The average Bonchev–Trinajstić information content (AvgIpc) is 2.41. The van der Waals surface area contributed by atoms with Crippen LogP contribution >= 0.6 is 0 Å². The predicted molar refractivity (Wildman–Crippen MR) is 83.8 cm³/mol. The second-order valence-electron chi connectivity index (χ2n) is 4.76. The number of amides is 1. The van der Waals surface area contributed by atoms with E-state index in [1.807, 2.05) is 0 Å². The summed E-state index contributed by atoms with van der Waals surface area (Å²) in [5.74, 6) is 0. The lowest BCUT2D eigenvalue weighted by Crippen LogP contribution is -2.23. The van der Waals surface area contributed by atoms with Crippen molar-refractivity contribution in [1.29, 1.82) is 0 Å². The summed E-state index contributed by atoms with van der Waals surface area (Å²) in [6.45, 7) is 6.84. The molecule has 0 aromatic rings. The van der Waals surface area contributed by atoms with Crippen molar-refractivity contribution in [3.63, 3.8) is 0 Å². The molecule has 0 aliphatic rings. The summed E-state index contributed by atoms with van der Waals surface area (Å²) < 4.78 is 0. The first-order chi connectivity index (χ1) is 9.09. The van der Waals surface area contributed by atoms with Crippen LogP contribution in [0.2, 0.25) is 0 Å². The fourth-order valence-corrected chi connectivity index (χ4v) is 1.38. The lowest BCUT2D eigenvalue weighted by Gasteiger charge is -2.06. The Bertz CT molecular complexity index is 215. The van der Waals surface area contributed by atoms with Crippen molar-refractivity contribution in [3.8, 4) is 0 Å². The highest BCUT2D eigenvalue weighted by molar-refractivity contribution is 5.64. The van der Waals surface area contributed by atoms with Gasteiger partial charge in [-0.1, -0.05) is 58.1 Å². The molecule has 0 aromatic carbocycles. The van der Waals surface area contributed by atoms with E-state index in [0.717, 1.165) is 0 Å². The Morgan fingerprint density at radius 3 is 1.84 bits per heavy atom. The van der Waals surface area contributed by atoms with Crippen molar-refractivity contribution in [2.75, 3.05) is 13.6 Å². The molecule has 0 heterocycles. The van der Waals surface area contributed by atoms with E-state index < -0.39 is 6.09 Å². The summed E-state index contributed by atoms with van der Waals surface area (Å²) in [5, 5.41) is 8.11. The maximum Gasteiger partial charge on any atom is 0.407 e. The molecule has 0 saturated heterocycles. The van der Waals surface area contributed by atoms with E-state index in [9.17, 15) is 4.79 Å². The molecule has 0 unspecified atom stereocenters. The molecule has 0 rings (SSSR count). The summed E-state index contributed by atoms with van der Waals surface area (Å²) in [5.41, 5.74) is 0. The first-order valence-electron chi connectivity index (χ1n) is 7.69. The maximum absolute atomic E-state index is 9.86. The molecule has 114 valence electrons. The standard InChI is InChI=1S/C12H24.C4H9NO2/c1-3-5-7-9-11-12-10-8-6-4-2;1-3-5(2)4(6)7/h9,11H,3-8,10,12H2,1-2H3;3H2,1-2H3,(H,6,7)/b11-9-;. The second kappa shape index (κ2) is 17.0. The van der Waals surface area contributed by atoms with Gasteiger partial charge in [-0.3, -0.25) is 0 Å². The van der Waals surface area contributed by atoms with Crippen LogP contribution in [-0.2, 0) is 0 Å². The lowest BCUT2D eigenvalue weighted by molar-refractivity contribution is 0.158. The molecule has 0 fully saturated rings. The SMILES string of the molecule is CCCC/C=C\CCCCCC.CCN(C)C(=O)O. The van der Waals surface area contributed by atoms with Crippen LogP contribution in [-0.4, -0.2) is 29.7 Å². The van der Waals surface area contributed by atoms with E-state index in [-0.39, 0.29) is 0 Å². The van der Waals surface area contributed by atoms with Crippen molar-refractivity contribution in [3.05, 3.63) is 12.2 Å². The summed E-state index contributed by atoms with van der Waals surface area (Å²) in [7, 11) is 1.53. The Labute approximate surface area is 119 Å². The molecule has 0 aliphatic carbocycles. The van der Waals surface area contributed by atoms with Gasteiger partial charge in [0.2, 0.25) is 0 Å². The molecule has 0 atom stereocenters. The van der Waals surface area contributed by atoms with E-state index in [4.69, 9.17) is 5.11 Å². The number of hydrogen-bond acceptors (Lipinski definition) is 1. The van der Waals surface area contributed by atoms with Crippen LogP contribution in [0.4, 0.5) is 4.79 Å². The molecule has 0 aromatic heterocycles. The van der Waals surface area contributed by atoms with Gasteiger partial charge < -0.3 is 10.0 Å². The highest BCUT2D eigenvalue weighted by atomic mass is 16.4. The number of nitrogens with zero attached hydrogens (tertiary/aromatic N) is 1. The van der Waals surface area contributed by atoms with Crippen LogP contribution in [0.1, 0.15) is 72.1 Å². The van der Waals surface area contributed by atoms with Crippen molar-refractivity contribution in [2.24, 2.45) is 0 Å². The number of carboxylic acid groups (broad SMARTS) is 1. The normalized spacial score (nSPS) is 10.1. The minimum absolute atomic E-state index is 0.551. The summed E-state index contributed by atoms with van der Waals surface area (Å²) in [6, 6.07) is 0. The Morgan fingerprint density at radius 1 is 0.947 bits per heavy atom. The molecule has 1 N–H and O–H groups in total. The van der Waals surface area contributed by atoms with Gasteiger partial charge in [-0.25, -0.2) is 4.79 Å². The molecule has 0 radical (unpaired) electrons. The van der Waals surface area contributed by atoms with E-state index >= 15 is 0 Å². The largest absolute Gasteiger partial charge is 0.465 e. The molecular formula is C16H33NO2. The highest BCUT2D eigenvalue weighted by Gasteiger charge is 1.97. The molecule has 3 heteroatoms. The quantitative estimate of drug-likeness (QED) is 0.455. The molecule has 0 saturated carbocycles. The van der Waals surface area contributed by atoms with E-state index in [1.54, 1.807) is 6.92 Å². The Kier molecular flexibility index (Phi) is 18.2. The zero-order valence-electron chi connectivity index (χ0n) is 13.3. The first kappa shape index (κ1) is 20.3. The highest BCUT2D eigenvalue weighted by Crippen LogP contribution is 2.04. The van der Waals surface area contributed by atoms with Crippen LogP contribution in [0.3, 0.4) is 0 Å². The third-order valence-electron chi connectivity index (χ3n) is 2.92. The molecule has 0 spiro atoms. The smallest absolute Gasteiger partial charge is 0.407 e. The van der Waals surface area contributed by atoms with Gasteiger partial charge in [0.1, 0.15) is 0 Å². The second-order valence-corrected chi connectivity index (χ2v) is 4.76. The fraction of sp³-hybridized carbons (Fsp3) is 0.812. The van der Waals surface area contributed by atoms with E-state index in [2.05, 4.69) is 26.0 Å². The van der Waals surface area contributed by atoms with Crippen molar-refractivity contribution in [2.45, 2.75) is 72.1 Å². The summed E-state index contributed by atoms with van der Waals surface area (Å²) in [4.78, 5) is 11.1. The Hall–Kier alpha value is -0.990. The topological polar surface area (TPSA) is 40.5 Å². The van der Waals surface area contributed by atoms with Crippen molar-refractivity contribution in [1.82, 2.24) is 4.90 Å². The van der Waals surface area contributed by atoms with Gasteiger partial charge in [-0.15, -0.1) is 0 Å². The Balaban J connectivity index is 0. The molecule has 1 amide bonds. The van der Waals surface area contributed by atoms with Crippen LogP contribution in [0, 0.1) is 0 Å². The number of carbonyl (C=O) groups is 1. The predicted octanol–water partition coefficient (Wildman–Crippen LogP) is 5.32. The number of unbranched alkanes of at least 4 members (excludes halogenated alkanes) is 6. The number of allylic oxidation sites excluding steroid dienone is 2. The lowest BCUT2D eigenvalue weighted by atomic mass is 10.1. The van der Waals surface area contributed by atoms with Crippen molar-refractivity contribution < 1.29 is 9.90 Å². The zero-order valence-corrected chi connectivity index (χ0v) is 13.3. The molecular weight excluding hydrogens is 238 g/mol. The summed E-state index contributed by atoms with van der Waals surface area (Å²) in [6.07, 6.45) is 14.6. The van der Waals surface area contributed by atoms with Crippen LogP contribution in [0.25, 0.3) is 0 Å². The monoisotopic (exact) mass is 271 g/mol. The van der Waals surface area contributed by atoms with Gasteiger partial charge in [-0.2, -0.15) is 0 Å². The van der Waals surface area contributed by atoms with Crippen LogP contribution < -0.4 is 0 Å². The van der Waals surface area contributed by atoms with Gasteiger partial charge >= 0.3 is 6.09 Å². The molecule has 19 heavy (non-hydrogen) atoms.